The van der Waals surface area contributed by atoms with E-state index in [9.17, 15) is 14.4 Å². The van der Waals surface area contributed by atoms with E-state index < -0.39 is 6.10 Å². The van der Waals surface area contributed by atoms with Crippen molar-refractivity contribution in [2.75, 3.05) is 13.2 Å². The van der Waals surface area contributed by atoms with E-state index in [1.165, 1.54) is 116 Å². The Morgan fingerprint density at radius 3 is 1.00 bits per heavy atom. The van der Waals surface area contributed by atoms with Crippen LogP contribution in [-0.4, -0.2) is 37.2 Å². The van der Waals surface area contributed by atoms with E-state index in [1.54, 1.807) is 0 Å². The van der Waals surface area contributed by atoms with Gasteiger partial charge >= 0.3 is 17.9 Å². The summed E-state index contributed by atoms with van der Waals surface area (Å²) in [4.78, 5) is 37.9. The van der Waals surface area contributed by atoms with E-state index in [-0.39, 0.29) is 31.1 Å². The summed E-state index contributed by atoms with van der Waals surface area (Å²) in [6, 6.07) is 0. The van der Waals surface area contributed by atoms with Crippen molar-refractivity contribution >= 4 is 17.9 Å². The molecule has 0 saturated heterocycles. The summed E-state index contributed by atoms with van der Waals surface area (Å²) in [6.07, 6.45) is 62.7. The number of carbonyl (C=O) groups is 3. The third-order valence-corrected chi connectivity index (χ3v) is 10.6. The van der Waals surface area contributed by atoms with Crippen LogP contribution < -0.4 is 0 Å². The number of carbonyl (C=O) groups excluding carboxylic acids is 3. The summed E-state index contributed by atoms with van der Waals surface area (Å²) in [6.45, 7) is 6.44. The lowest BCUT2D eigenvalue weighted by molar-refractivity contribution is -0.167. The zero-order valence-corrected chi connectivity index (χ0v) is 39.7. The van der Waals surface area contributed by atoms with Gasteiger partial charge in [0.2, 0.25) is 0 Å². The van der Waals surface area contributed by atoms with E-state index in [2.05, 4.69) is 32.9 Å². The highest BCUT2D eigenvalue weighted by atomic mass is 16.6. The van der Waals surface area contributed by atoms with Gasteiger partial charge in [-0.2, -0.15) is 0 Å². The Kier molecular flexibility index (Phi) is 46.5. The summed E-state index contributed by atoms with van der Waals surface area (Å²) in [5, 5.41) is 0. The average molecular weight is 849 g/mol. The number of unbranched alkanes of at least 4 members (excludes halogenated alkanes) is 25. The molecule has 6 nitrogen and oxygen atoms in total. The molecule has 0 aliphatic carbocycles. The first-order valence-electron chi connectivity index (χ1n) is 25.2. The largest absolute Gasteiger partial charge is 0.462 e. The highest BCUT2D eigenvalue weighted by Crippen LogP contribution is 2.15. The molecule has 0 rings (SSSR count). The van der Waals surface area contributed by atoms with E-state index >= 15 is 0 Å². The fourth-order valence-corrected chi connectivity index (χ4v) is 6.84. The second-order valence-corrected chi connectivity index (χ2v) is 16.5. The quantitative estimate of drug-likeness (QED) is 0.0263. The van der Waals surface area contributed by atoms with Crippen molar-refractivity contribution in [2.45, 2.75) is 232 Å². The second-order valence-electron chi connectivity index (χ2n) is 16.5. The maximum Gasteiger partial charge on any atom is 0.306 e. The Morgan fingerprint density at radius 1 is 0.344 bits per heavy atom. The molecule has 0 amide bonds. The van der Waals surface area contributed by atoms with Crippen LogP contribution in [0.4, 0.5) is 0 Å². The third kappa shape index (κ3) is 47.5. The molecule has 0 saturated carbocycles. The topological polar surface area (TPSA) is 78.9 Å². The molecule has 0 radical (unpaired) electrons. The van der Waals surface area contributed by atoms with E-state index in [0.717, 1.165) is 70.6 Å². The van der Waals surface area contributed by atoms with Crippen molar-refractivity contribution in [3.05, 3.63) is 85.1 Å². The molecular formula is C55H92O6. The Balaban J connectivity index is 4.47. The number of hydrogen-bond acceptors (Lipinski definition) is 6. The molecule has 0 aliphatic heterocycles. The number of hydrogen-bond donors (Lipinski definition) is 0. The van der Waals surface area contributed by atoms with Crippen LogP contribution in [0.25, 0.3) is 0 Å². The van der Waals surface area contributed by atoms with E-state index in [4.69, 9.17) is 14.2 Å². The van der Waals surface area contributed by atoms with Crippen LogP contribution in [0.1, 0.15) is 226 Å². The summed E-state index contributed by atoms with van der Waals surface area (Å²) in [7, 11) is 0. The molecule has 348 valence electrons. The molecule has 1 atom stereocenters. The summed E-state index contributed by atoms with van der Waals surface area (Å²) >= 11 is 0. The maximum atomic E-state index is 12.8. The molecule has 0 aliphatic rings. The Bertz CT molecular complexity index is 1200. The normalized spacial score (nSPS) is 12.8. The highest BCUT2D eigenvalue weighted by molar-refractivity contribution is 5.71. The minimum atomic E-state index is -0.791. The summed E-state index contributed by atoms with van der Waals surface area (Å²) < 4.78 is 16.7. The summed E-state index contributed by atoms with van der Waals surface area (Å²) in [5.74, 6) is -0.935. The molecule has 0 aromatic carbocycles. The van der Waals surface area contributed by atoms with Gasteiger partial charge in [0, 0.05) is 19.3 Å². The maximum absolute atomic E-state index is 12.8. The number of ether oxygens (including phenoxy) is 3. The average Bonchev–Trinajstić information content (AvgIpc) is 3.26. The van der Waals surface area contributed by atoms with E-state index in [1.807, 2.05) is 72.9 Å². The van der Waals surface area contributed by atoms with Gasteiger partial charge in [0.1, 0.15) is 13.2 Å². The minimum Gasteiger partial charge on any atom is -0.462 e. The van der Waals surface area contributed by atoms with Gasteiger partial charge in [-0.05, 0) is 38.5 Å². The zero-order chi connectivity index (χ0) is 44.4. The van der Waals surface area contributed by atoms with Crippen molar-refractivity contribution < 1.29 is 28.6 Å². The van der Waals surface area contributed by atoms with Gasteiger partial charge in [-0.3, -0.25) is 14.4 Å². The van der Waals surface area contributed by atoms with Gasteiger partial charge in [0.15, 0.2) is 6.10 Å². The SMILES string of the molecule is CC\C=C/C=C\C=C/C=C\C=C\C=C/C=C\CCCCCC(=O)OCC(COC(=O)CCCCCCCCCCCCC)OC(=O)CCCCCCCCCCCCCCC. The molecular weight excluding hydrogens is 757 g/mol. The van der Waals surface area contributed by atoms with Gasteiger partial charge in [-0.1, -0.05) is 254 Å². The predicted octanol–water partition coefficient (Wildman–Crippen LogP) is 16.4. The monoisotopic (exact) mass is 849 g/mol. The van der Waals surface area contributed by atoms with Crippen LogP contribution in [0.5, 0.6) is 0 Å². The molecule has 0 bridgehead atoms. The van der Waals surface area contributed by atoms with Gasteiger partial charge in [-0.25, -0.2) is 0 Å². The Morgan fingerprint density at radius 2 is 0.639 bits per heavy atom. The van der Waals surface area contributed by atoms with Crippen molar-refractivity contribution in [3.63, 3.8) is 0 Å². The standard InChI is InChI=1S/C55H92O6/c1-4-7-10-13-16-19-22-24-25-26-27-28-29-31-33-36-39-42-45-48-54(57)60-51-52(50-59-53(56)47-44-41-38-35-32-21-18-15-12-9-6-3)61-55(58)49-46-43-40-37-34-30-23-20-17-14-11-8-5-2/h7,10,13,16,19,22,24-29,31,33,52H,4-6,8-9,11-12,14-15,17-18,20-21,23,30,32,34-51H2,1-3H3/b10-7-,16-13-,22-19-,25-24-,27-26+,29-28-,33-31-. The lowest BCUT2D eigenvalue weighted by atomic mass is 10.0. The third-order valence-electron chi connectivity index (χ3n) is 10.6. The molecule has 0 aromatic rings. The number of rotatable bonds is 44. The van der Waals surface area contributed by atoms with Crippen LogP contribution >= 0.6 is 0 Å². The van der Waals surface area contributed by atoms with Crippen LogP contribution in [0.2, 0.25) is 0 Å². The van der Waals surface area contributed by atoms with Gasteiger partial charge in [0.05, 0.1) is 0 Å². The first-order chi connectivity index (χ1) is 30.0. The van der Waals surface area contributed by atoms with Gasteiger partial charge in [0.25, 0.3) is 0 Å². The van der Waals surface area contributed by atoms with E-state index in [0.29, 0.717) is 19.3 Å². The Hall–Kier alpha value is -3.41. The van der Waals surface area contributed by atoms with Gasteiger partial charge < -0.3 is 14.2 Å². The van der Waals surface area contributed by atoms with Crippen molar-refractivity contribution in [1.82, 2.24) is 0 Å². The molecule has 0 aromatic heterocycles. The first-order valence-corrected chi connectivity index (χ1v) is 25.2. The van der Waals surface area contributed by atoms with Crippen LogP contribution in [0.3, 0.4) is 0 Å². The first kappa shape index (κ1) is 57.6. The van der Waals surface area contributed by atoms with Crippen LogP contribution in [0, 0.1) is 0 Å². The predicted molar refractivity (Wildman–Crippen MR) is 261 cm³/mol. The molecule has 6 heteroatoms. The second kappa shape index (κ2) is 49.2. The molecule has 0 heterocycles. The van der Waals surface area contributed by atoms with Gasteiger partial charge in [-0.15, -0.1) is 0 Å². The fraction of sp³-hybridized carbons (Fsp3) is 0.691. The smallest absolute Gasteiger partial charge is 0.306 e. The molecule has 0 N–H and O–H groups in total. The molecule has 1 unspecified atom stereocenters. The van der Waals surface area contributed by atoms with Crippen LogP contribution in [0.15, 0.2) is 85.1 Å². The summed E-state index contributed by atoms with van der Waals surface area (Å²) in [5.41, 5.74) is 0. The molecule has 61 heavy (non-hydrogen) atoms. The highest BCUT2D eigenvalue weighted by Gasteiger charge is 2.19. The molecule has 0 spiro atoms. The Labute approximate surface area is 375 Å². The molecule has 0 fully saturated rings. The fourth-order valence-electron chi connectivity index (χ4n) is 6.84. The minimum absolute atomic E-state index is 0.0889. The number of esters is 3. The van der Waals surface area contributed by atoms with Crippen molar-refractivity contribution in [3.8, 4) is 0 Å². The lowest BCUT2D eigenvalue weighted by Gasteiger charge is -2.18. The number of allylic oxidation sites excluding steroid dienone is 14. The van der Waals surface area contributed by atoms with Crippen LogP contribution in [-0.2, 0) is 28.6 Å². The van der Waals surface area contributed by atoms with Crippen molar-refractivity contribution in [2.24, 2.45) is 0 Å². The van der Waals surface area contributed by atoms with Crippen molar-refractivity contribution in [1.29, 1.82) is 0 Å². The zero-order valence-electron chi connectivity index (χ0n) is 39.7. The lowest BCUT2D eigenvalue weighted by Crippen LogP contribution is -2.30.